The first-order chi connectivity index (χ1) is 33.3. The molecule has 10 unspecified atom stereocenters. The number of rotatable bonds is 47. The zero-order valence-electron chi connectivity index (χ0n) is 41.5. The minimum Gasteiger partial charge on any atom is -0.394 e. The fourth-order valence-electron chi connectivity index (χ4n) is 6.68. The molecule has 70 heavy (non-hydrogen) atoms. The standard InChI is InChI=1S/C40H86N4O24Si2/c1-59-69(60-2,61-3)21-7-11-43(13-9-41-39(57)37(55)35(53)33(51)31(49)25-45)23-29(47)27-67-19-17-65-15-16-66-18-20-68-28-30(48)24-44(12-8-22-70(62-4,63-5)64-6)14-10-42-40(58)38(56)36(54)34(52)32(50)26-46/h29-38,45-56H,7-28H2,1-6H3,(H,41,57)(H,42,58). The van der Waals surface area contributed by atoms with E-state index in [0.29, 0.717) is 38.0 Å². The van der Waals surface area contributed by atoms with E-state index >= 15 is 0 Å². The van der Waals surface area contributed by atoms with Crippen LogP contribution in [-0.4, -0.2) is 323 Å². The van der Waals surface area contributed by atoms with Crippen molar-refractivity contribution >= 4 is 29.4 Å². The molecule has 0 radical (unpaired) electrons. The number of aliphatic hydroxyl groups is 12. The van der Waals surface area contributed by atoms with E-state index in [4.69, 9.17) is 55.7 Å². The average Bonchev–Trinajstić information content (AvgIpc) is 3.37. The Kier molecular flexibility index (Phi) is 38.9. The zero-order chi connectivity index (χ0) is 53.1. The smallest absolute Gasteiger partial charge is 0.394 e. The number of amides is 2. The largest absolute Gasteiger partial charge is 0.500 e. The summed E-state index contributed by atoms with van der Waals surface area (Å²) in [6.07, 6.45) is -16.6. The third-order valence-corrected chi connectivity index (χ3v) is 16.6. The molecular weight excluding hydrogens is 977 g/mol. The molecule has 0 saturated heterocycles. The van der Waals surface area contributed by atoms with Gasteiger partial charge in [-0.25, -0.2) is 0 Å². The Bertz CT molecular complexity index is 1200. The lowest BCUT2D eigenvalue weighted by Crippen LogP contribution is -2.52. The highest BCUT2D eigenvalue weighted by molar-refractivity contribution is 6.60. The topological polar surface area (TPSA) is 400 Å². The van der Waals surface area contributed by atoms with Gasteiger partial charge in [-0.1, -0.05) is 0 Å². The lowest BCUT2D eigenvalue weighted by atomic mass is 10.0. The van der Waals surface area contributed by atoms with Gasteiger partial charge in [0.05, 0.1) is 78.3 Å². The summed E-state index contributed by atoms with van der Waals surface area (Å²) in [6, 6.07) is 0.904. The van der Waals surface area contributed by atoms with Crippen LogP contribution in [0.4, 0.5) is 0 Å². The van der Waals surface area contributed by atoms with E-state index in [0.717, 1.165) is 0 Å². The van der Waals surface area contributed by atoms with Crippen LogP contribution in [0.5, 0.6) is 0 Å². The van der Waals surface area contributed by atoms with E-state index < -0.39 is 104 Å². The number of hydrogen-bond acceptors (Lipinski definition) is 26. The summed E-state index contributed by atoms with van der Waals surface area (Å²) in [5.41, 5.74) is 0. The van der Waals surface area contributed by atoms with Gasteiger partial charge in [0.15, 0.2) is 12.2 Å². The quantitative estimate of drug-likeness (QED) is 0.0199. The Hall–Kier alpha value is -1.59. The number of aliphatic hydroxyl groups excluding tert-OH is 12. The van der Waals surface area contributed by atoms with Crippen LogP contribution < -0.4 is 10.6 Å². The summed E-state index contributed by atoms with van der Waals surface area (Å²) in [5.74, 6) is -2.04. The molecule has 30 heteroatoms. The van der Waals surface area contributed by atoms with Gasteiger partial charge in [-0.2, -0.15) is 0 Å². The molecule has 0 aromatic rings. The molecule has 0 aromatic carbocycles. The third-order valence-electron chi connectivity index (χ3n) is 11.0. The Balaban J connectivity index is 4.78. The summed E-state index contributed by atoms with van der Waals surface area (Å²) in [4.78, 5) is 28.5. The predicted octanol–water partition coefficient (Wildman–Crippen LogP) is -7.98. The van der Waals surface area contributed by atoms with Gasteiger partial charge in [-0.15, -0.1) is 0 Å². The molecule has 0 saturated carbocycles. The van der Waals surface area contributed by atoms with Crippen molar-refractivity contribution in [1.82, 2.24) is 20.4 Å². The number of nitrogens with one attached hydrogen (secondary N) is 2. The van der Waals surface area contributed by atoms with Gasteiger partial charge in [0.2, 0.25) is 0 Å². The van der Waals surface area contributed by atoms with Crippen molar-refractivity contribution in [2.45, 2.75) is 86.0 Å². The summed E-state index contributed by atoms with van der Waals surface area (Å²) in [5, 5.41) is 123. The monoisotopic (exact) mass is 1060 g/mol. The minimum atomic E-state index is -2.89. The van der Waals surface area contributed by atoms with Crippen molar-refractivity contribution in [1.29, 1.82) is 0 Å². The van der Waals surface area contributed by atoms with Crippen LogP contribution in [0, 0.1) is 0 Å². The Morgan fingerprint density at radius 3 is 1.04 bits per heavy atom. The normalized spacial score (nSPS) is 16.9. The summed E-state index contributed by atoms with van der Waals surface area (Å²) < 4.78 is 55.1. The molecule has 0 aromatic heterocycles. The molecule has 0 bridgehead atoms. The lowest BCUT2D eigenvalue weighted by molar-refractivity contribution is -0.149. The van der Waals surface area contributed by atoms with Crippen LogP contribution in [0.3, 0.4) is 0 Å². The molecule has 0 rings (SSSR count). The van der Waals surface area contributed by atoms with E-state index in [-0.39, 0.29) is 92.1 Å². The van der Waals surface area contributed by atoms with E-state index in [2.05, 4.69) is 10.6 Å². The first-order valence-electron chi connectivity index (χ1n) is 22.9. The van der Waals surface area contributed by atoms with Crippen molar-refractivity contribution in [2.24, 2.45) is 0 Å². The van der Waals surface area contributed by atoms with Crippen LogP contribution in [-0.2, 0) is 55.1 Å². The van der Waals surface area contributed by atoms with Gasteiger partial charge >= 0.3 is 17.6 Å². The Morgan fingerprint density at radius 1 is 0.457 bits per heavy atom. The first-order valence-corrected chi connectivity index (χ1v) is 26.8. The van der Waals surface area contributed by atoms with E-state index in [9.17, 15) is 60.7 Å². The highest BCUT2D eigenvalue weighted by Crippen LogP contribution is 2.17. The maximum absolute atomic E-state index is 12.4. The molecule has 0 heterocycles. The molecule has 10 atom stereocenters. The maximum Gasteiger partial charge on any atom is 0.500 e. The Morgan fingerprint density at radius 2 is 0.757 bits per heavy atom. The second-order valence-electron chi connectivity index (χ2n) is 16.0. The SMILES string of the molecule is CO[Si](CCCN(CCNC(=O)C(O)C(O)C(O)C(O)CO)CC(O)COCCOCCOCCOCC(O)CN(CCC[Si](OC)(OC)OC)CCNC(=O)C(O)C(O)C(O)C(O)CO)(OC)OC. The summed E-state index contributed by atoms with van der Waals surface area (Å²) in [6.45, 7) is 0.787. The zero-order valence-corrected chi connectivity index (χ0v) is 43.5. The predicted molar refractivity (Wildman–Crippen MR) is 249 cm³/mol. The molecule has 0 fully saturated rings. The molecule has 0 aliphatic carbocycles. The summed E-state index contributed by atoms with van der Waals surface area (Å²) >= 11 is 0. The number of nitrogens with zero attached hydrogens (tertiary/aromatic N) is 2. The molecule has 0 aliphatic rings. The molecular formula is C40H86N4O24Si2. The Labute approximate surface area is 412 Å². The third kappa shape index (κ3) is 27.6. The number of hydrogen-bond donors (Lipinski definition) is 14. The van der Waals surface area contributed by atoms with Gasteiger partial charge in [-0.3, -0.25) is 19.4 Å². The summed E-state index contributed by atoms with van der Waals surface area (Å²) in [7, 11) is 3.15. The highest BCUT2D eigenvalue weighted by Gasteiger charge is 2.39. The first kappa shape index (κ1) is 68.4. The van der Waals surface area contributed by atoms with E-state index in [1.54, 1.807) is 0 Å². The fourth-order valence-corrected chi connectivity index (χ4v) is 10.1. The van der Waals surface area contributed by atoms with Crippen molar-refractivity contribution in [3.05, 3.63) is 0 Å². The van der Waals surface area contributed by atoms with Crippen LogP contribution in [0.15, 0.2) is 0 Å². The molecule has 418 valence electrons. The van der Waals surface area contributed by atoms with Crippen molar-refractivity contribution in [2.75, 3.05) is 161 Å². The molecule has 0 spiro atoms. The number of carbonyl (C=O) groups excluding carboxylic acids is 2. The average molecular weight is 1060 g/mol. The lowest BCUT2D eigenvalue weighted by Gasteiger charge is -2.28. The van der Waals surface area contributed by atoms with Gasteiger partial charge in [-0.05, 0) is 25.9 Å². The van der Waals surface area contributed by atoms with E-state index in [1.807, 2.05) is 9.80 Å². The number of ether oxygens (including phenoxy) is 4. The van der Waals surface area contributed by atoms with Gasteiger partial charge in [0.1, 0.15) is 36.6 Å². The number of carbonyl (C=O) groups is 2. The van der Waals surface area contributed by atoms with Gasteiger partial charge in [0, 0.05) is 94.0 Å². The van der Waals surface area contributed by atoms with Gasteiger partial charge in [0.25, 0.3) is 11.8 Å². The van der Waals surface area contributed by atoms with E-state index in [1.165, 1.54) is 42.7 Å². The maximum atomic E-state index is 12.4. The molecule has 28 nitrogen and oxygen atoms in total. The van der Waals surface area contributed by atoms with Crippen LogP contribution in [0.1, 0.15) is 12.8 Å². The van der Waals surface area contributed by atoms with Crippen LogP contribution >= 0.6 is 0 Å². The molecule has 14 N–H and O–H groups in total. The van der Waals surface area contributed by atoms with Crippen molar-refractivity contribution < 1.29 is 116 Å². The van der Waals surface area contributed by atoms with Gasteiger partial charge < -0.3 is 117 Å². The molecule has 2 amide bonds. The fraction of sp³-hybridized carbons (Fsp3) is 0.950. The van der Waals surface area contributed by atoms with Crippen molar-refractivity contribution in [3.63, 3.8) is 0 Å². The van der Waals surface area contributed by atoms with Crippen LogP contribution in [0.25, 0.3) is 0 Å². The highest BCUT2D eigenvalue weighted by atomic mass is 28.4. The van der Waals surface area contributed by atoms with Crippen molar-refractivity contribution in [3.8, 4) is 0 Å². The second-order valence-corrected chi connectivity index (χ2v) is 22.2. The minimum absolute atomic E-state index is 0.0226. The van der Waals surface area contributed by atoms with Crippen LogP contribution in [0.2, 0.25) is 12.1 Å². The second kappa shape index (κ2) is 39.8. The molecule has 0 aliphatic heterocycles.